The summed E-state index contributed by atoms with van der Waals surface area (Å²) in [5, 5.41) is 2.75. The highest BCUT2D eigenvalue weighted by Gasteiger charge is 2.43. The molecule has 14 heavy (non-hydrogen) atoms. The number of halogens is 3. The van der Waals surface area contributed by atoms with Crippen LogP contribution in [0.25, 0.3) is 0 Å². The summed E-state index contributed by atoms with van der Waals surface area (Å²) in [5.74, 6) is 0.355. The van der Waals surface area contributed by atoms with E-state index in [1.165, 1.54) is 0 Å². The number of hydrogen-bond donors (Lipinski definition) is 1. The summed E-state index contributed by atoms with van der Waals surface area (Å²) < 4.78 is 41.8. The van der Waals surface area contributed by atoms with Crippen LogP contribution in [0.15, 0.2) is 0 Å². The van der Waals surface area contributed by atoms with Crippen molar-refractivity contribution in [1.29, 1.82) is 0 Å². The summed E-state index contributed by atoms with van der Waals surface area (Å²) in [4.78, 5) is 0. The van der Waals surface area contributed by atoms with E-state index in [-0.39, 0.29) is 12.6 Å². The number of hydrogen-bond acceptors (Lipinski definition) is 2. The van der Waals surface area contributed by atoms with Gasteiger partial charge in [-0.3, -0.25) is 0 Å². The molecule has 0 aromatic heterocycles. The van der Waals surface area contributed by atoms with Crippen LogP contribution < -0.4 is 5.32 Å². The van der Waals surface area contributed by atoms with E-state index in [2.05, 4.69) is 5.32 Å². The summed E-state index contributed by atoms with van der Waals surface area (Å²) in [6.07, 6.45) is -5.53. The Kier molecular flexibility index (Phi) is 3.78. The average Bonchev–Trinajstić information content (AvgIpc) is 2.01. The van der Waals surface area contributed by atoms with Crippen molar-refractivity contribution in [2.75, 3.05) is 13.1 Å². The summed E-state index contributed by atoms with van der Waals surface area (Å²) in [7, 11) is 0. The Balaban J connectivity index is 2.44. The SMILES string of the molecule is CC(C)CC1CNCC(C(F)(F)F)O1. The van der Waals surface area contributed by atoms with Gasteiger partial charge in [-0.05, 0) is 12.3 Å². The van der Waals surface area contributed by atoms with E-state index in [4.69, 9.17) is 4.74 Å². The molecule has 0 radical (unpaired) electrons. The molecule has 1 rings (SSSR count). The highest BCUT2D eigenvalue weighted by molar-refractivity contribution is 4.79. The molecule has 0 bridgehead atoms. The van der Waals surface area contributed by atoms with Gasteiger partial charge >= 0.3 is 6.18 Å². The molecule has 0 amide bonds. The molecule has 0 spiro atoms. The van der Waals surface area contributed by atoms with Crippen molar-refractivity contribution in [3.05, 3.63) is 0 Å². The third kappa shape index (κ3) is 3.46. The van der Waals surface area contributed by atoms with Crippen LogP contribution in [0.2, 0.25) is 0 Å². The first-order chi connectivity index (χ1) is 6.39. The first kappa shape index (κ1) is 11.8. The molecule has 2 unspecified atom stereocenters. The predicted molar refractivity (Wildman–Crippen MR) is 47.0 cm³/mol. The maximum absolute atomic E-state index is 12.3. The second kappa shape index (κ2) is 4.49. The Morgan fingerprint density at radius 3 is 2.50 bits per heavy atom. The Morgan fingerprint density at radius 1 is 1.36 bits per heavy atom. The van der Waals surface area contributed by atoms with Crippen molar-refractivity contribution in [3.8, 4) is 0 Å². The molecular weight excluding hydrogens is 195 g/mol. The van der Waals surface area contributed by atoms with E-state index >= 15 is 0 Å². The predicted octanol–water partition coefficient (Wildman–Crippen LogP) is 1.95. The smallest absolute Gasteiger partial charge is 0.363 e. The third-order valence-electron chi connectivity index (χ3n) is 2.16. The van der Waals surface area contributed by atoms with E-state index < -0.39 is 12.3 Å². The number of morpholine rings is 1. The van der Waals surface area contributed by atoms with Crippen molar-refractivity contribution < 1.29 is 17.9 Å². The van der Waals surface area contributed by atoms with Crippen molar-refractivity contribution in [3.63, 3.8) is 0 Å². The van der Waals surface area contributed by atoms with Crippen molar-refractivity contribution in [2.24, 2.45) is 5.92 Å². The summed E-state index contributed by atoms with van der Waals surface area (Å²) in [6, 6.07) is 0. The van der Waals surface area contributed by atoms with Crippen molar-refractivity contribution in [2.45, 2.75) is 38.7 Å². The van der Waals surface area contributed by atoms with Gasteiger partial charge in [0.15, 0.2) is 6.10 Å². The molecule has 1 aliphatic heterocycles. The van der Waals surface area contributed by atoms with Gasteiger partial charge in [0.2, 0.25) is 0 Å². The van der Waals surface area contributed by atoms with E-state index in [0.717, 1.165) is 0 Å². The number of alkyl halides is 3. The second-order valence-electron chi connectivity index (χ2n) is 4.08. The summed E-state index contributed by atoms with van der Waals surface area (Å²) in [6.45, 7) is 4.34. The zero-order valence-corrected chi connectivity index (χ0v) is 8.40. The van der Waals surface area contributed by atoms with E-state index in [9.17, 15) is 13.2 Å². The molecule has 84 valence electrons. The zero-order chi connectivity index (χ0) is 10.8. The summed E-state index contributed by atoms with van der Waals surface area (Å²) in [5.41, 5.74) is 0. The monoisotopic (exact) mass is 211 g/mol. The molecule has 0 aromatic rings. The van der Waals surface area contributed by atoms with Crippen LogP contribution in [-0.4, -0.2) is 31.5 Å². The molecule has 5 heteroatoms. The molecular formula is C9H16F3NO. The van der Waals surface area contributed by atoms with Crippen LogP contribution in [0, 0.1) is 5.92 Å². The van der Waals surface area contributed by atoms with Gasteiger partial charge in [-0.15, -0.1) is 0 Å². The van der Waals surface area contributed by atoms with Crippen LogP contribution in [-0.2, 0) is 4.74 Å². The lowest BCUT2D eigenvalue weighted by Gasteiger charge is -2.32. The Morgan fingerprint density at radius 2 is 2.00 bits per heavy atom. The normalized spacial score (nSPS) is 29.6. The highest BCUT2D eigenvalue weighted by atomic mass is 19.4. The van der Waals surface area contributed by atoms with Gasteiger partial charge in [-0.1, -0.05) is 13.8 Å². The molecule has 2 nitrogen and oxygen atoms in total. The molecule has 0 aromatic carbocycles. The van der Waals surface area contributed by atoms with Crippen LogP contribution in [0.1, 0.15) is 20.3 Å². The fourth-order valence-electron chi connectivity index (χ4n) is 1.56. The molecule has 1 N–H and O–H groups in total. The van der Waals surface area contributed by atoms with Gasteiger partial charge in [0.1, 0.15) is 0 Å². The lowest BCUT2D eigenvalue weighted by Crippen LogP contribution is -2.51. The number of ether oxygens (including phenoxy) is 1. The lowest BCUT2D eigenvalue weighted by molar-refractivity contribution is -0.240. The quantitative estimate of drug-likeness (QED) is 0.753. The minimum absolute atomic E-state index is 0.127. The molecule has 1 heterocycles. The molecule has 1 aliphatic rings. The van der Waals surface area contributed by atoms with Gasteiger partial charge in [-0.2, -0.15) is 13.2 Å². The minimum Gasteiger partial charge on any atom is -0.363 e. The summed E-state index contributed by atoms with van der Waals surface area (Å²) >= 11 is 0. The third-order valence-corrected chi connectivity index (χ3v) is 2.16. The fraction of sp³-hybridized carbons (Fsp3) is 1.00. The van der Waals surface area contributed by atoms with E-state index in [1.54, 1.807) is 0 Å². The van der Waals surface area contributed by atoms with Gasteiger partial charge < -0.3 is 10.1 Å². The number of rotatable bonds is 2. The Labute approximate surface area is 81.8 Å². The molecule has 2 atom stereocenters. The molecule has 1 saturated heterocycles. The molecule has 1 fully saturated rings. The zero-order valence-electron chi connectivity index (χ0n) is 8.40. The topological polar surface area (TPSA) is 21.3 Å². The average molecular weight is 211 g/mol. The Hall–Kier alpha value is -0.290. The highest BCUT2D eigenvalue weighted by Crippen LogP contribution is 2.26. The standard InChI is InChI=1S/C9H16F3NO/c1-6(2)3-7-4-13-5-8(14-7)9(10,11)12/h6-8,13H,3-5H2,1-2H3. The lowest BCUT2D eigenvalue weighted by atomic mass is 10.0. The first-order valence-corrected chi connectivity index (χ1v) is 4.82. The van der Waals surface area contributed by atoms with Gasteiger partial charge in [0.25, 0.3) is 0 Å². The van der Waals surface area contributed by atoms with E-state index in [1.807, 2.05) is 13.8 Å². The van der Waals surface area contributed by atoms with Crippen molar-refractivity contribution >= 4 is 0 Å². The van der Waals surface area contributed by atoms with Gasteiger partial charge in [0, 0.05) is 13.1 Å². The van der Waals surface area contributed by atoms with Crippen molar-refractivity contribution in [1.82, 2.24) is 5.32 Å². The van der Waals surface area contributed by atoms with Crippen LogP contribution in [0.5, 0.6) is 0 Å². The van der Waals surface area contributed by atoms with Crippen LogP contribution in [0.3, 0.4) is 0 Å². The largest absolute Gasteiger partial charge is 0.415 e. The number of nitrogens with one attached hydrogen (secondary N) is 1. The fourth-order valence-corrected chi connectivity index (χ4v) is 1.56. The van der Waals surface area contributed by atoms with Gasteiger partial charge in [0.05, 0.1) is 6.10 Å². The minimum atomic E-state index is -4.25. The van der Waals surface area contributed by atoms with Gasteiger partial charge in [-0.25, -0.2) is 0 Å². The maximum Gasteiger partial charge on any atom is 0.415 e. The molecule has 0 saturated carbocycles. The maximum atomic E-state index is 12.3. The van der Waals surface area contributed by atoms with Crippen LogP contribution in [0.4, 0.5) is 13.2 Å². The first-order valence-electron chi connectivity index (χ1n) is 4.82. The van der Waals surface area contributed by atoms with E-state index in [0.29, 0.717) is 18.9 Å². The van der Waals surface area contributed by atoms with Crippen LogP contribution >= 0.6 is 0 Å². The second-order valence-corrected chi connectivity index (χ2v) is 4.08. The Bertz CT molecular complexity index is 181. The molecule has 0 aliphatic carbocycles.